The summed E-state index contributed by atoms with van der Waals surface area (Å²) >= 11 is 0. The number of guanidine groups is 1. The number of aliphatic imine (C=N–C) groups is 1. The van der Waals surface area contributed by atoms with Crippen molar-refractivity contribution in [2.45, 2.75) is 25.8 Å². The van der Waals surface area contributed by atoms with E-state index in [-0.39, 0.29) is 29.7 Å². The summed E-state index contributed by atoms with van der Waals surface area (Å²) in [6.07, 6.45) is 8.28. The zero-order valence-corrected chi connectivity index (χ0v) is 20.6. The normalized spacial score (nSPS) is 16.0. The summed E-state index contributed by atoms with van der Waals surface area (Å²) < 4.78 is 21.9. The molecule has 1 saturated heterocycles. The van der Waals surface area contributed by atoms with Crippen LogP contribution in [0.3, 0.4) is 0 Å². The highest BCUT2D eigenvalue weighted by atomic mass is 127. The lowest BCUT2D eigenvalue weighted by atomic mass is 10.0. The summed E-state index contributed by atoms with van der Waals surface area (Å²) in [5.41, 5.74) is 2.04. The second kappa shape index (κ2) is 11.3. The van der Waals surface area contributed by atoms with Crippen LogP contribution in [0.25, 0.3) is 0 Å². The van der Waals surface area contributed by atoms with E-state index in [1.807, 2.05) is 24.0 Å². The zero-order valence-electron chi connectivity index (χ0n) is 18.2. The number of benzene rings is 1. The first kappa shape index (κ1) is 24.0. The summed E-state index contributed by atoms with van der Waals surface area (Å²) in [7, 11) is 1.94. The van der Waals surface area contributed by atoms with Gasteiger partial charge >= 0.3 is 0 Å². The summed E-state index contributed by atoms with van der Waals surface area (Å²) in [6, 6.07) is 8.43. The van der Waals surface area contributed by atoms with Gasteiger partial charge in [0.05, 0.1) is 18.9 Å². The van der Waals surface area contributed by atoms with Crippen LogP contribution in [0, 0.1) is 5.82 Å². The van der Waals surface area contributed by atoms with Crippen molar-refractivity contribution in [2.24, 2.45) is 12.0 Å². The molecule has 1 fully saturated rings. The van der Waals surface area contributed by atoms with Crippen LogP contribution in [0.2, 0.25) is 0 Å². The van der Waals surface area contributed by atoms with Gasteiger partial charge in [-0.15, -0.1) is 24.0 Å². The Balaban J connectivity index is 0.00000289. The topological polar surface area (TPSA) is 67.6 Å². The lowest BCUT2D eigenvalue weighted by Crippen LogP contribution is -2.40. The molecular weight excluding hydrogens is 522 g/mol. The van der Waals surface area contributed by atoms with Crippen molar-refractivity contribution in [1.29, 1.82) is 0 Å². The van der Waals surface area contributed by atoms with E-state index in [4.69, 9.17) is 9.73 Å². The number of rotatable bonds is 6. The van der Waals surface area contributed by atoms with Gasteiger partial charge in [-0.3, -0.25) is 9.67 Å². The van der Waals surface area contributed by atoms with Gasteiger partial charge in [0.1, 0.15) is 5.75 Å². The van der Waals surface area contributed by atoms with Crippen molar-refractivity contribution in [2.75, 3.05) is 19.6 Å². The Kier molecular flexibility index (Phi) is 8.43. The van der Waals surface area contributed by atoms with Gasteiger partial charge in [0.15, 0.2) is 17.5 Å². The molecule has 1 N–H and O–H groups in total. The molecule has 170 valence electrons. The molecule has 2 aromatic heterocycles. The average Bonchev–Trinajstić information content (AvgIpc) is 3.43. The molecule has 3 heterocycles. The lowest BCUT2D eigenvalue weighted by molar-refractivity contribution is 0.440. The third-order valence-electron chi connectivity index (χ3n) is 5.29. The summed E-state index contributed by atoms with van der Waals surface area (Å²) in [5.74, 6) is 1.55. The molecule has 0 saturated carbocycles. The summed E-state index contributed by atoms with van der Waals surface area (Å²) in [4.78, 5) is 11.0. The quantitative estimate of drug-likeness (QED) is 0.282. The smallest absolute Gasteiger partial charge is 0.194 e. The number of hydrogen-bond donors (Lipinski definition) is 1. The van der Waals surface area contributed by atoms with E-state index in [2.05, 4.69) is 33.4 Å². The van der Waals surface area contributed by atoms with E-state index in [1.165, 1.54) is 11.6 Å². The largest absolute Gasteiger partial charge is 0.453 e. The van der Waals surface area contributed by atoms with Crippen LogP contribution in [-0.2, 0) is 13.6 Å². The third-order valence-corrected chi connectivity index (χ3v) is 5.29. The zero-order chi connectivity index (χ0) is 21.6. The number of ether oxygens (including phenoxy) is 1. The van der Waals surface area contributed by atoms with Gasteiger partial charge in [-0.25, -0.2) is 9.38 Å². The average molecular weight is 550 g/mol. The maximum Gasteiger partial charge on any atom is 0.194 e. The van der Waals surface area contributed by atoms with Gasteiger partial charge in [0.25, 0.3) is 0 Å². The third kappa shape index (κ3) is 5.96. The second-order valence-corrected chi connectivity index (χ2v) is 7.60. The van der Waals surface area contributed by atoms with Crippen LogP contribution >= 0.6 is 24.0 Å². The molecule has 1 aliphatic heterocycles. The summed E-state index contributed by atoms with van der Waals surface area (Å²) in [5, 5.41) is 7.65. The van der Waals surface area contributed by atoms with Gasteiger partial charge < -0.3 is 15.0 Å². The molecule has 1 atom stereocenters. The van der Waals surface area contributed by atoms with Crippen LogP contribution in [0.1, 0.15) is 30.4 Å². The van der Waals surface area contributed by atoms with E-state index in [0.29, 0.717) is 18.2 Å². The van der Waals surface area contributed by atoms with Crippen LogP contribution in [-0.4, -0.2) is 45.3 Å². The van der Waals surface area contributed by atoms with Gasteiger partial charge in [-0.1, -0.05) is 6.07 Å². The molecule has 0 aliphatic carbocycles. The molecule has 0 spiro atoms. The highest BCUT2D eigenvalue weighted by Gasteiger charge is 2.26. The molecule has 0 amide bonds. The van der Waals surface area contributed by atoms with Gasteiger partial charge in [0, 0.05) is 45.0 Å². The first-order valence-electron chi connectivity index (χ1n) is 10.5. The minimum atomic E-state index is -0.417. The fraction of sp³-hybridized carbons (Fsp3) is 0.348. The van der Waals surface area contributed by atoms with E-state index in [0.717, 1.165) is 37.6 Å². The van der Waals surface area contributed by atoms with Crippen molar-refractivity contribution in [3.8, 4) is 11.5 Å². The molecule has 1 aromatic carbocycles. The van der Waals surface area contributed by atoms with E-state index in [9.17, 15) is 4.39 Å². The van der Waals surface area contributed by atoms with Gasteiger partial charge in [-0.05, 0) is 48.7 Å². The van der Waals surface area contributed by atoms with Crippen LogP contribution in [0.15, 0.2) is 60.1 Å². The number of likely N-dealkylation sites (tertiary alicyclic amines) is 1. The van der Waals surface area contributed by atoms with E-state index in [1.54, 1.807) is 30.6 Å². The Labute approximate surface area is 204 Å². The summed E-state index contributed by atoms with van der Waals surface area (Å²) in [6.45, 7) is 5.04. The second-order valence-electron chi connectivity index (χ2n) is 7.60. The maximum atomic E-state index is 14.5. The fourth-order valence-electron chi connectivity index (χ4n) is 3.73. The van der Waals surface area contributed by atoms with Crippen molar-refractivity contribution in [3.05, 3.63) is 72.1 Å². The first-order chi connectivity index (χ1) is 15.1. The molecule has 0 radical (unpaired) electrons. The lowest BCUT2D eigenvalue weighted by Gasteiger charge is -2.21. The monoisotopic (exact) mass is 550 g/mol. The fourth-order valence-corrected chi connectivity index (χ4v) is 3.73. The molecule has 4 rings (SSSR count). The Morgan fingerprint density at radius 3 is 2.88 bits per heavy atom. The number of aromatic nitrogens is 3. The number of nitrogens with zero attached hydrogens (tertiary/aromatic N) is 5. The number of halogens is 2. The minimum absolute atomic E-state index is 0. The number of hydrogen-bond acceptors (Lipinski definition) is 4. The Morgan fingerprint density at radius 1 is 1.31 bits per heavy atom. The Morgan fingerprint density at radius 2 is 2.19 bits per heavy atom. The van der Waals surface area contributed by atoms with Crippen molar-refractivity contribution >= 4 is 29.9 Å². The van der Waals surface area contributed by atoms with Gasteiger partial charge in [-0.2, -0.15) is 5.10 Å². The number of pyridine rings is 1. The molecule has 0 bridgehead atoms. The van der Waals surface area contributed by atoms with Crippen LogP contribution < -0.4 is 10.1 Å². The number of nitrogens with one attached hydrogen (secondary N) is 1. The molecular formula is C23H28FIN6O. The molecule has 9 heteroatoms. The predicted octanol–water partition coefficient (Wildman–Crippen LogP) is 4.32. The SMILES string of the molecule is CCNC(=NCc1ccc(Oc2cccnc2)c(F)c1)N1CCC(c2cnn(C)c2)C1.I. The van der Waals surface area contributed by atoms with E-state index >= 15 is 0 Å². The Hall–Kier alpha value is -2.69. The molecule has 32 heavy (non-hydrogen) atoms. The van der Waals surface area contributed by atoms with Crippen molar-refractivity contribution in [1.82, 2.24) is 25.0 Å². The van der Waals surface area contributed by atoms with Gasteiger partial charge in [0.2, 0.25) is 0 Å². The predicted molar refractivity (Wildman–Crippen MR) is 133 cm³/mol. The standard InChI is InChI=1S/C23H27FN6O.HI/c1-3-26-23(30-10-8-18(16-30)19-13-28-29(2)15-19)27-12-17-6-7-22(21(24)11-17)31-20-5-4-9-25-14-20;/h4-7,9,11,13-15,18H,3,8,10,12,16H2,1-2H3,(H,26,27);1H. The first-order valence-corrected chi connectivity index (χ1v) is 10.5. The minimum Gasteiger partial charge on any atom is -0.453 e. The highest BCUT2D eigenvalue weighted by molar-refractivity contribution is 14.0. The number of aryl methyl sites for hydroxylation is 1. The molecule has 1 aliphatic rings. The molecule has 3 aromatic rings. The maximum absolute atomic E-state index is 14.5. The highest BCUT2D eigenvalue weighted by Crippen LogP contribution is 2.27. The molecule has 1 unspecified atom stereocenters. The molecule has 7 nitrogen and oxygen atoms in total. The van der Waals surface area contributed by atoms with Crippen LogP contribution in [0.4, 0.5) is 4.39 Å². The van der Waals surface area contributed by atoms with Crippen LogP contribution in [0.5, 0.6) is 11.5 Å². The van der Waals surface area contributed by atoms with Crippen molar-refractivity contribution < 1.29 is 9.13 Å². The Bertz CT molecular complexity index is 1040. The van der Waals surface area contributed by atoms with Crippen molar-refractivity contribution in [3.63, 3.8) is 0 Å². The van der Waals surface area contributed by atoms with E-state index < -0.39 is 5.82 Å².